The van der Waals surface area contributed by atoms with Gasteiger partial charge in [-0.2, -0.15) is 0 Å². The summed E-state index contributed by atoms with van der Waals surface area (Å²) in [5.41, 5.74) is 8.20. The third kappa shape index (κ3) is 4.19. The molecule has 1 fully saturated rings. The molecular formula is C17H29N3O. The van der Waals surface area contributed by atoms with Crippen LogP contribution >= 0.6 is 0 Å². The van der Waals surface area contributed by atoms with Gasteiger partial charge < -0.3 is 15.4 Å². The molecule has 0 amide bonds. The molecule has 0 aromatic heterocycles. The summed E-state index contributed by atoms with van der Waals surface area (Å²) in [6, 6.07) is 6.90. The standard InChI is InChI=1S/C17H29N3O/c1-4-16-13-19(2)8-5-9-20(16)12-15-10-14(11-18)6-7-17(15)21-3/h6-7,10,16H,4-5,8-9,11-13,18H2,1-3H3. The van der Waals surface area contributed by atoms with Crippen LogP contribution in [0.25, 0.3) is 0 Å². The monoisotopic (exact) mass is 291 g/mol. The van der Waals surface area contributed by atoms with Gasteiger partial charge in [-0.3, -0.25) is 4.90 Å². The fourth-order valence-electron chi connectivity index (χ4n) is 3.19. The van der Waals surface area contributed by atoms with E-state index in [9.17, 15) is 0 Å². The van der Waals surface area contributed by atoms with Gasteiger partial charge in [0.15, 0.2) is 0 Å². The lowest BCUT2D eigenvalue weighted by Crippen LogP contribution is -2.39. The molecule has 0 spiro atoms. The second-order valence-corrected chi connectivity index (χ2v) is 6.00. The maximum atomic E-state index is 5.78. The highest BCUT2D eigenvalue weighted by molar-refractivity contribution is 5.37. The largest absolute Gasteiger partial charge is 0.496 e. The van der Waals surface area contributed by atoms with Crippen molar-refractivity contribution in [3.63, 3.8) is 0 Å². The Balaban J connectivity index is 2.18. The minimum Gasteiger partial charge on any atom is -0.496 e. The molecular weight excluding hydrogens is 262 g/mol. The van der Waals surface area contributed by atoms with Crippen molar-refractivity contribution in [2.75, 3.05) is 33.8 Å². The molecule has 1 saturated heterocycles. The molecule has 2 rings (SSSR count). The van der Waals surface area contributed by atoms with E-state index in [4.69, 9.17) is 10.5 Å². The number of benzene rings is 1. The van der Waals surface area contributed by atoms with Gasteiger partial charge in [-0.05, 0) is 44.1 Å². The van der Waals surface area contributed by atoms with Gasteiger partial charge in [-0.25, -0.2) is 0 Å². The maximum absolute atomic E-state index is 5.78. The molecule has 4 heteroatoms. The number of nitrogens with zero attached hydrogens (tertiary/aromatic N) is 2. The van der Waals surface area contributed by atoms with Gasteiger partial charge in [0.2, 0.25) is 0 Å². The smallest absolute Gasteiger partial charge is 0.123 e. The summed E-state index contributed by atoms with van der Waals surface area (Å²) in [6.45, 7) is 7.30. The van der Waals surface area contributed by atoms with Crippen LogP contribution in [0.15, 0.2) is 18.2 Å². The molecule has 21 heavy (non-hydrogen) atoms. The number of hydrogen-bond acceptors (Lipinski definition) is 4. The minimum atomic E-state index is 0.580. The molecule has 0 aliphatic carbocycles. The Kier molecular flexibility index (Phi) is 6.03. The van der Waals surface area contributed by atoms with Crippen molar-refractivity contribution in [2.24, 2.45) is 5.73 Å². The summed E-state index contributed by atoms with van der Waals surface area (Å²) in [7, 11) is 3.97. The number of hydrogen-bond donors (Lipinski definition) is 1. The Hall–Kier alpha value is -1.10. The Morgan fingerprint density at radius 3 is 2.81 bits per heavy atom. The molecule has 0 radical (unpaired) electrons. The van der Waals surface area contributed by atoms with E-state index < -0.39 is 0 Å². The van der Waals surface area contributed by atoms with E-state index in [1.165, 1.54) is 30.5 Å². The quantitative estimate of drug-likeness (QED) is 0.902. The minimum absolute atomic E-state index is 0.580. The Labute approximate surface area is 128 Å². The highest BCUT2D eigenvalue weighted by Gasteiger charge is 2.22. The lowest BCUT2D eigenvalue weighted by atomic mass is 10.1. The van der Waals surface area contributed by atoms with Gasteiger partial charge in [0.25, 0.3) is 0 Å². The van der Waals surface area contributed by atoms with E-state index in [2.05, 4.69) is 35.9 Å². The van der Waals surface area contributed by atoms with Crippen LogP contribution in [0.3, 0.4) is 0 Å². The van der Waals surface area contributed by atoms with Gasteiger partial charge in [0.1, 0.15) is 5.75 Å². The first-order valence-electron chi connectivity index (χ1n) is 7.96. The van der Waals surface area contributed by atoms with E-state index in [0.29, 0.717) is 12.6 Å². The van der Waals surface area contributed by atoms with Crippen molar-refractivity contribution < 1.29 is 4.74 Å². The fourth-order valence-corrected chi connectivity index (χ4v) is 3.19. The van der Waals surface area contributed by atoms with Crippen LogP contribution < -0.4 is 10.5 Å². The molecule has 0 saturated carbocycles. The van der Waals surface area contributed by atoms with E-state index in [-0.39, 0.29) is 0 Å². The molecule has 118 valence electrons. The summed E-state index contributed by atoms with van der Waals surface area (Å²) < 4.78 is 5.53. The van der Waals surface area contributed by atoms with Crippen molar-refractivity contribution in [2.45, 2.75) is 38.9 Å². The first kappa shape index (κ1) is 16.3. The summed E-state index contributed by atoms with van der Waals surface area (Å²) >= 11 is 0. The Morgan fingerprint density at radius 2 is 2.14 bits per heavy atom. The number of likely N-dealkylation sites (N-methyl/N-ethyl adjacent to an activating group) is 1. The van der Waals surface area contributed by atoms with Crippen LogP contribution in [0.1, 0.15) is 30.9 Å². The van der Waals surface area contributed by atoms with Crippen LogP contribution in [-0.2, 0) is 13.1 Å². The average Bonchev–Trinajstić information content (AvgIpc) is 2.68. The maximum Gasteiger partial charge on any atom is 0.123 e. The van der Waals surface area contributed by atoms with Crippen molar-refractivity contribution in [3.05, 3.63) is 29.3 Å². The lowest BCUT2D eigenvalue weighted by molar-refractivity contribution is 0.174. The number of nitrogens with two attached hydrogens (primary N) is 1. The molecule has 4 nitrogen and oxygen atoms in total. The molecule has 1 aliphatic rings. The summed E-state index contributed by atoms with van der Waals surface area (Å²) in [4.78, 5) is 5.04. The number of ether oxygens (including phenoxy) is 1. The van der Waals surface area contributed by atoms with Crippen molar-refractivity contribution in [1.82, 2.24) is 9.80 Å². The highest BCUT2D eigenvalue weighted by atomic mass is 16.5. The fraction of sp³-hybridized carbons (Fsp3) is 0.647. The van der Waals surface area contributed by atoms with Gasteiger partial charge in [-0.15, -0.1) is 0 Å². The zero-order valence-corrected chi connectivity index (χ0v) is 13.6. The van der Waals surface area contributed by atoms with Crippen LogP contribution in [0.5, 0.6) is 5.75 Å². The molecule has 1 aromatic carbocycles. The third-order valence-electron chi connectivity index (χ3n) is 4.45. The van der Waals surface area contributed by atoms with Crippen LogP contribution in [-0.4, -0.2) is 49.6 Å². The molecule has 1 unspecified atom stereocenters. The van der Waals surface area contributed by atoms with Gasteiger partial charge in [-0.1, -0.05) is 13.0 Å². The molecule has 1 aliphatic heterocycles. The Bertz CT molecular complexity index is 450. The molecule has 1 atom stereocenters. The van der Waals surface area contributed by atoms with Gasteiger partial charge >= 0.3 is 0 Å². The average molecular weight is 291 g/mol. The second-order valence-electron chi connectivity index (χ2n) is 6.00. The molecule has 1 heterocycles. The normalized spacial score (nSPS) is 21.2. The predicted octanol–water partition coefficient (Wildman–Crippen LogP) is 2.07. The van der Waals surface area contributed by atoms with Crippen molar-refractivity contribution >= 4 is 0 Å². The Morgan fingerprint density at radius 1 is 1.33 bits per heavy atom. The molecule has 0 bridgehead atoms. The highest BCUT2D eigenvalue weighted by Crippen LogP contribution is 2.24. The van der Waals surface area contributed by atoms with Crippen LogP contribution in [0, 0.1) is 0 Å². The summed E-state index contributed by atoms with van der Waals surface area (Å²) in [6.07, 6.45) is 2.41. The zero-order chi connectivity index (χ0) is 15.2. The molecule has 1 aromatic rings. The van der Waals surface area contributed by atoms with E-state index in [1.54, 1.807) is 7.11 Å². The summed E-state index contributed by atoms with van der Waals surface area (Å²) in [5, 5.41) is 0. The van der Waals surface area contributed by atoms with Crippen LogP contribution in [0.4, 0.5) is 0 Å². The predicted molar refractivity (Wildman–Crippen MR) is 87.5 cm³/mol. The van der Waals surface area contributed by atoms with E-state index in [1.807, 2.05) is 6.07 Å². The van der Waals surface area contributed by atoms with Crippen molar-refractivity contribution in [1.29, 1.82) is 0 Å². The van der Waals surface area contributed by atoms with Gasteiger partial charge in [0.05, 0.1) is 7.11 Å². The van der Waals surface area contributed by atoms with Crippen LogP contribution in [0.2, 0.25) is 0 Å². The van der Waals surface area contributed by atoms with Crippen molar-refractivity contribution in [3.8, 4) is 5.75 Å². The van der Waals surface area contributed by atoms with E-state index in [0.717, 1.165) is 25.4 Å². The molecule has 2 N–H and O–H groups in total. The SMILES string of the molecule is CCC1CN(C)CCCN1Cc1cc(CN)ccc1OC. The second kappa shape index (κ2) is 7.78. The zero-order valence-electron chi connectivity index (χ0n) is 13.6. The number of rotatable bonds is 5. The topological polar surface area (TPSA) is 41.7 Å². The van der Waals surface area contributed by atoms with Gasteiger partial charge in [0, 0.05) is 37.8 Å². The summed E-state index contributed by atoms with van der Waals surface area (Å²) in [5.74, 6) is 0.972. The number of methoxy groups -OCH3 is 1. The first-order chi connectivity index (χ1) is 10.2. The first-order valence-corrected chi connectivity index (χ1v) is 7.96. The lowest BCUT2D eigenvalue weighted by Gasteiger charge is -2.30. The van der Waals surface area contributed by atoms with E-state index >= 15 is 0 Å². The third-order valence-corrected chi connectivity index (χ3v) is 4.45.